The number of aliphatic imine (C=N–C) groups is 1. The first-order chi connectivity index (χ1) is 14.4. The highest BCUT2D eigenvalue weighted by Crippen LogP contribution is 2.37. The molecule has 0 aliphatic carbocycles. The van der Waals surface area contributed by atoms with Crippen molar-refractivity contribution < 1.29 is 9.18 Å². The normalized spacial score (nSPS) is 17.7. The highest BCUT2D eigenvalue weighted by atomic mass is 32.2. The molecule has 0 saturated heterocycles. The molecule has 4 N–H and O–H groups in total. The number of rotatable bonds is 3. The number of amides is 1. The van der Waals surface area contributed by atoms with Gasteiger partial charge in [-0.1, -0.05) is 43.8 Å². The number of carbonyl (C=O) groups is 1. The van der Waals surface area contributed by atoms with Crippen LogP contribution in [0.25, 0.3) is 10.9 Å². The molecule has 1 atom stereocenters. The Bertz CT molecular complexity index is 984. The summed E-state index contributed by atoms with van der Waals surface area (Å²) in [7, 11) is 0. The quantitative estimate of drug-likeness (QED) is 0.477. The number of thioether (sulfide) groups is 1. The Morgan fingerprint density at radius 3 is 2.63 bits per heavy atom. The summed E-state index contributed by atoms with van der Waals surface area (Å²) in [6.07, 6.45) is 1.27. The molecule has 160 valence electrons. The number of carbonyl (C=O) groups excluding carboxylic acids is 1. The summed E-state index contributed by atoms with van der Waals surface area (Å²) in [6.45, 7) is 7.92. The summed E-state index contributed by atoms with van der Waals surface area (Å²) in [5, 5.41) is 4.27. The van der Waals surface area contributed by atoms with Crippen LogP contribution in [-0.4, -0.2) is 22.3 Å². The standard InChI is InChI=1S/C12H14FN3OS.C9H9N.C2H6/c1-12(4-5-18-11(14)16-12)9-6-8(15-7-17)2-3-10(9)13;1-7-6-8-4-2-3-5-9(8)10-7;1-2/h2-3,6-7H,4-5H2,1H3,(H2,14,16)(H,15,17);2-6,10H,1H3;1-2H3/t12-;;/m0../s1. The Hall–Kier alpha value is -2.80. The number of anilines is 1. The maximum atomic E-state index is 13.9. The number of fused-ring (bicyclic) bond motifs is 1. The van der Waals surface area contributed by atoms with Crippen LogP contribution in [0.5, 0.6) is 0 Å². The second-order valence-corrected chi connectivity index (χ2v) is 7.93. The van der Waals surface area contributed by atoms with Crippen molar-refractivity contribution in [2.45, 2.75) is 39.7 Å². The molecule has 0 unspecified atom stereocenters. The molecule has 30 heavy (non-hydrogen) atoms. The molecule has 4 rings (SSSR count). The Morgan fingerprint density at radius 1 is 1.23 bits per heavy atom. The highest BCUT2D eigenvalue weighted by molar-refractivity contribution is 8.13. The number of halogens is 1. The van der Waals surface area contributed by atoms with Crippen LogP contribution < -0.4 is 11.1 Å². The monoisotopic (exact) mass is 428 g/mol. The van der Waals surface area contributed by atoms with E-state index in [1.165, 1.54) is 40.5 Å². The molecule has 0 fully saturated rings. The lowest BCUT2D eigenvalue weighted by Crippen LogP contribution is -2.29. The zero-order valence-electron chi connectivity index (χ0n) is 17.8. The lowest BCUT2D eigenvalue weighted by atomic mass is 9.89. The number of para-hydroxylation sites is 1. The van der Waals surface area contributed by atoms with E-state index in [4.69, 9.17) is 5.73 Å². The lowest BCUT2D eigenvalue weighted by Gasteiger charge is -2.30. The number of aryl methyl sites for hydroxylation is 1. The molecular weight excluding hydrogens is 399 g/mol. The largest absolute Gasteiger partial charge is 0.379 e. The van der Waals surface area contributed by atoms with E-state index >= 15 is 0 Å². The van der Waals surface area contributed by atoms with E-state index in [0.717, 1.165) is 5.75 Å². The highest BCUT2D eigenvalue weighted by Gasteiger charge is 2.32. The molecule has 5 nitrogen and oxygen atoms in total. The molecule has 1 amide bonds. The van der Waals surface area contributed by atoms with Crippen LogP contribution >= 0.6 is 11.8 Å². The number of hydrogen-bond donors (Lipinski definition) is 3. The number of amidine groups is 1. The van der Waals surface area contributed by atoms with Crippen LogP contribution in [0.2, 0.25) is 0 Å². The maximum Gasteiger partial charge on any atom is 0.211 e. The molecule has 1 aliphatic heterocycles. The van der Waals surface area contributed by atoms with E-state index in [0.29, 0.717) is 29.2 Å². The number of aromatic nitrogens is 1. The van der Waals surface area contributed by atoms with Crippen molar-refractivity contribution in [3.8, 4) is 0 Å². The summed E-state index contributed by atoms with van der Waals surface area (Å²) >= 11 is 1.47. The minimum Gasteiger partial charge on any atom is -0.379 e. The average molecular weight is 429 g/mol. The van der Waals surface area contributed by atoms with Crippen LogP contribution in [0.4, 0.5) is 10.1 Å². The second-order valence-electron chi connectivity index (χ2n) is 6.82. The van der Waals surface area contributed by atoms with Gasteiger partial charge >= 0.3 is 0 Å². The van der Waals surface area contributed by atoms with E-state index in [1.54, 1.807) is 6.07 Å². The molecule has 1 aliphatic rings. The van der Waals surface area contributed by atoms with Crippen molar-refractivity contribution in [2.75, 3.05) is 11.1 Å². The molecule has 0 radical (unpaired) electrons. The number of benzene rings is 2. The summed E-state index contributed by atoms with van der Waals surface area (Å²) in [5.41, 5.74) is 8.50. The minimum atomic E-state index is -0.667. The zero-order valence-corrected chi connectivity index (χ0v) is 18.6. The summed E-state index contributed by atoms with van der Waals surface area (Å²) in [5.74, 6) is 0.466. The van der Waals surface area contributed by atoms with Crippen molar-refractivity contribution in [1.29, 1.82) is 0 Å². The van der Waals surface area contributed by atoms with Gasteiger partial charge in [-0.2, -0.15) is 0 Å². The van der Waals surface area contributed by atoms with Crippen LogP contribution in [0.1, 0.15) is 38.4 Å². The Kier molecular flexibility index (Phi) is 8.47. The molecule has 3 aromatic rings. The number of H-pyrrole nitrogens is 1. The van der Waals surface area contributed by atoms with Crippen LogP contribution in [0, 0.1) is 12.7 Å². The van der Waals surface area contributed by atoms with Gasteiger partial charge in [-0.3, -0.25) is 9.79 Å². The fraction of sp³-hybridized carbons (Fsp3) is 0.304. The predicted octanol–water partition coefficient (Wildman–Crippen LogP) is 5.56. The fourth-order valence-corrected chi connectivity index (χ4v) is 4.17. The zero-order chi connectivity index (χ0) is 22.1. The molecule has 2 aromatic carbocycles. The predicted molar refractivity (Wildman–Crippen MR) is 127 cm³/mol. The third-order valence-corrected chi connectivity index (χ3v) is 5.43. The van der Waals surface area contributed by atoms with Crippen LogP contribution in [0.15, 0.2) is 53.5 Å². The second kappa shape index (κ2) is 10.8. The van der Waals surface area contributed by atoms with Crippen molar-refractivity contribution in [3.63, 3.8) is 0 Å². The Morgan fingerprint density at radius 2 is 1.97 bits per heavy atom. The third kappa shape index (κ3) is 5.86. The molecule has 0 spiro atoms. The van der Waals surface area contributed by atoms with E-state index in [-0.39, 0.29) is 5.82 Å². The van der Waals surface area contributed by atoms with Gasteiger partial charge in [-0.05, 0) is 56.0 Å². The first kappa shape index (κ1) is 23.5. The molecule has 2 heterocycles. The van der Waals surface area contributed by atoms with Gasteiger partial charge in [0.25, 0.3) is 0 Å². The first-order valence-corrected chi connectivity index (χ1v) is 10.9. The van der Waals surface area contributed by atoms with Gasteiger partial charge < -0.3 is 16.0 Å². The van der Waals surface area contributed by atoms with E-state index in [9.17, 15) is 9.18 Å². The number of nitrogens with two attached hydrogens (primary N) is 1. The SMILES string of the molecule is CC.C[C@@]1(c2cc(NC=O)ccc2F)CCSC(N)=N1.Cc1cc2ccccc2[nH]1. The fourth-order valence-electron chi connectivity index (χ4n) is 3.19. The number of aromatic amines is 1. The minimum absolute atomic E-state index is 0.336. The molecule has 7 heteroatoms. The van der Waals surface area contributed by atoms with E-state index in [1.807, 2.05) is 26.8 Å². The van der Waals surface area contributed by atoms with Crippen molar-refractivity contribution >= 4 is 39.9 Å². The summed E-state index contributed by atoms with van der Waals surface area (Å²) < 4.78 is 13.9. The molecular formula is C23H29FN4OS. The number of nitrogens with zero attached hydrogens (tertiary/aromatic N) is 1. The summed E-state index contributed by atoms with van der Waals surface area (Å²) in [6, 6.07) is 14.9. The van der Waals surface area contributed by atoms with Crippen LogP contribution in [0.3, 0.4) is 0 Å². The Balaban J connectivity index is 0.000000224. The third-order valence-electron chi connectivity index (χ3n) is 4.63. The number of hydrogen-bond acceptors (Lipinski definition) is 4. The van der Waals surface area contributed by atoms with Crippen molar-refractivity contribution in [1.82, 2.24) is 4.98 Å². The van der Waals surface area contributed by atoms with Gasteiger partial charge in [0.15, 0.2) is 5.17 Å². The van der Waals surface area contributed by atoms with Gasteiger partial charge in [0.1, 0.15) is 5.82 Å². The van der Waals surface area contributed by atoms with E-state index in [2.05, 4.69) is 46.5 Å². The van der Waals surface area contributed by atoms with Crippen molar-refractivity contribution in [2.24, 2.45) is 10.7 Å². The van der Waals surface area contributed by atoms with Gasteiger partial charge in [0.05, 0.1) is 5.54 Å². The van der Waals surface area contributed by atoms with Gasteiger partial charge in [-0.25, -0.2) is 4.39 Å². The van der Waals surface area contributed by atoms with Gasteiger partial charge in [0, 0.05) is 28.2 Å². The lowest BCUT2D eigenvalue weighted by molar-refractivity contribution is -0.105. The molecule has 1 aromatic heterocycles. The topological polar surface area (TPSA) is 83.3 Å². The maximum absolute atomic E-state index is 13.9. The van der Waals surface area contributed by atoms with Crippen LogP contribution in [-0.2, 0) is 10.3 Å². The first-order valence-electron chi connectivity index (χ1n) is 9.94. The van der Waals surface area contributed by atoms with Crippen molar-refractivity contribution in [3.05, 3.63) is 65.6 Å². The van der Waals surface area contributed by atoms with Gasteiger partial charge in [-0.15, -0.1) is 0 Å². The van der Waals surface area contributed by atoms with Gasteiger partial charge in [0.2, 0.25) is 6.41 Å². The van der Waals surface area contributed by atoms with E-state index < -0.39 is 5.54 Å². The molecule has 0 bridgehead atoms. The molecule has 0 saturated carbocycles. The summed E-state index contributed by atoms with van der Waals surface area (Å²) in [4.78, 5) is 18.0. The smallest absolute Gasteiger partial charge is 0.211 e. The Labute approximate surface area is 181 Å². The number of nitrogens with one attached hydrogen (secondary N) is 2. The average Bonchev–Trinajstić information content (AvgIpc) is 3.11.